The molecule has 1 aliphatic rings. The van der Waals surface area contributed by atoms with E-state index in [9.17, 15) is 0 Å². The molecule has 0 atom stereocenters. The molecule has 0 aliphatic carbocycles. The molecule has 0 unspecified atom stereocenters. The third-order valence-corrected chi connectivity index (χ3v) is 2.14. The van der Waals surface area contributed by atoms with Gasteiger partial charge in [0.25, 0.3) is 0 Å². The lowest BCUT2D eigenvalue weighted by molar-refractivity contribution is 0.481. The third-order valence-electron chi connectivity index (χ3n) is 2.14. The molecule has 0 saturated heterocycles. The van der Waals surface area contributed by atoms with Crippen molar-refractivity contribution in [1.29, 1.82) is 0 Å². The van der Waals surface area contributed by atoms with Gasteiger partial charge < -0.3 is 10.1 Å². The molecule has 2 aromatic rings. The van der Waals surface area contributed by atoms with E-state index in [4.69, 9.17) is 4.74 Å². The van der Waals surface area contributed by atoms with Crippen LogP contribution in [-0.2, 0) is 0 Å². The Morgan fingerprint density at radius 2 is 1.79 bits per heavy atom. The Morgan fingerprint density at radius 1 is 0.929 bits per heavy atom. The lowest BCUT2D eigenvalue weighted by Gasteiger charge is -2.20. The highest BCUT2D eigenvalue weighted by Gasteiger charge is 2.14. The molecule has 1 heterocycles. The Bertz CT molecular complexity index is 392. The second-order valence-electron chi connectivity index (χ2n) is 3.07. The monoisotopic (exact) mass is 181 g/mol. The fraction of sp³-hybridized carbons (Fsp3) is 0. The zero-order valence-electron chi connectivity index (χ0n) is 7.37. The van der Waals surface area contributed by atoms with Gasteiger partial charge in [-0.2, -0.15) is 0 Å². The first-order valence-electron chi connectivity index (χ1n) is 4.38. The Hall–Kier alpha value is -1.96. The summed E-state index contributed by atoms with van der Waals surface area (Å²) in [6, 6.07) is 17.2. The molecule has 66 valence electrons. The van der Waals surface area contributed by atoms with E-state index in [1.54, 1.807) is 0 Å². The standard InChI is InChI=1S/C12H7NO/c1-3-7-11-9(5-1)13-10-6-2-4-8-12(10)14-11/h1,4-8,13H. The molecule has 1 aliphatic heterocycles. The van der Waals surface area contributed by atoms with Crippen LogP contribution < -0.4 is 10.1 Å². The zero-order chi connectivity index (χ0) is 9.38. The average Bonchev–Trinajstić information content (AvgIpc) is 2.26. The number of nitrogens with one attached hydrogen (secondary N) is 1. The number of ether oxygens (including phenoxy) is 1. The Balaban J connectivity index is 2.12. The second kappa shape index (κ2) is 2.77. The summed E-state index contributed by atoms with van der Waals surface area (Å²) in [5.74, 6) is 1.64. The van der Waals surface area contributed by atoms with Crippen LogP contribution in [0, 0.1) is 12.1 Å². The SMILES string of the molecule is [c]1ccc2c(c1)Nc1cc[c]cc1O2. The minimum atomic E-state index is 0.811. The maximum absolute atomic E-state index is 5.66. The molecule has 0 aromatic heterocycles. The molecule has 2 aromatic carbocycles. The lowest BCUT2D eigenvalue weighted by atomic mass is 10.2. The molecule has 2 nitrogen and oxygen atoms in total. The molecule has 2 radical (unpaired) electrons. The molecule has 14 heavy (non-hydrogen) atoms. The van der Waals surface area contributed by atoms with Gasteiger partial charge in [0.15, 0.2) is 11.5 Å². The van der Waals surface area contributed by atoms with Crippen molar-refractivity contribution < 1.29 is 4.74 Å². The molecular formula is C12H7NO. The molecule has 0 amide bonds. The highest BCUT2D eigenvalue weighted by molar-refractivity contribution is 5.74. The van der Waals surface area contributed by atoms with Crippen molar-refractivity contribution in [1.82, 2.24) is 0 Å². The number of hydrogen-bond acceptors (Lipinski definition) is 2. The quantitative estimate of drug-likeness (QED) is 0.575. The van der Waals surface area contributed by atoms with Crippen molar-refractivity contribution in [3.05, 3.63) is 48.5 Å². The Kier molecular flexibility index (Phi) is 1.47. The van der Waals surface area contributed by atoms with Crippen molar-refractivity contribution in [2.24, 2.45) is 0 Å². The highest BCUT2D eigenvalue weighted by Crippen LogP contribution is 2.40. The average molecular weight is 181 g/mol. The van der Waals surface area contributed by atoms with Crippen molar-refractivity contribution >= 4 is 11.4 Å². The van der Waals surface area contributed by atoms with Crippen LogP contribution in [0.3, 0.4) is 0 Å². The summed E-state index contributed by atoms with van der Waals surface area (Å²) < 4.78 is 5.66. The lowest BCUT2D eigenvalue weighted by Crippen LogP contribution is -2.01. The second-order valence-corrected chi connectivity index (χ2v) is 3.07. The van der Waals surface area contributed by atoms with E-state index in [1.165, 1.54) is 0 Å². The summed E-state index contributed by atoms with van der Waals surface area (Å²) in [7, 11) is 0. The summed E-state index contributed by atoms with van der Waals surface area (Å²) in [5, 5.41) is 3.26. The number of anilines is 2. The largest absolute Gasteiger partial charge is 0.453 e. The molecule has 3 rings (SSSR count). The van der Waals surface area contributed by atoms with Crippen LogP contribution in [0.5, 0.6) is 11.5 Å². The van der Waals surface area contributed by atoms with Crippen LogP contribution >= 0.6 is 0 Å². The maximum Gasteiger partial charge on any atom is 0.151 e. The molecular weight excluding hydrogens is 174 g/mol. The van der Waals surface area contributed by atoms with E-state index in [0.29, 0.717) is 0 Å². The first-order valence-corrected chi connectivity index (χ1v) is 4.38. The summed E-state index contributed by atoms with van der Waals surface area (Å²) in [5.41, 5.74) is 1.92. The van der Waals surface area contributed by atoms with Crippen molar-refractivity contribution in [3.63, 3.8) is 0 Å². The van der Waals surface area contributed by atoms with E-state index < -0.39 is 0 Å². The van der Waals surface area contributed by atoms with Gasteiger partial charge >= 0.3 is 0 Å². The summed E-state index contributed by atoms with van der Waals surface area (Å²) in [6.45, 7) is 0. The van der Waals surface area contributed by atoms with Gasteiger partial charge in [-0.1, -0.05) is 12.1 Å². The van der Waals surface area contributed by atoms with Gasteiger partial charge in [-0.3, -0.25) is 0 Å². The predicted octanol–water partition coefficient (Wildman–Crippen LogP) is 3.14. The van der Waals surface area contributed by atoms with Gasteiger partial charge in [0.1, 0.15) is 0 Å². The first kappa shape index (κ1) is 7.44. The smallest absolute Gasteiger partial charge is 0.151 e. The van der Waals surface area contributed by atoms with Crippen molar-refractivity contribution in [3.8, 4) is 11.5 Å². The van der Waals surface area contributed by atoms with Crippen molar-refractivity contribution in [2.75, 3.05) is 5.32 Å². The van der Waals surface area contributed by atoms with E-state index in [2.05, 4.69) is 17.4 Å². The number of hydrogen-bond donors (Lipinski definition) is 1. The Morgan fingerprint density at radius 3 is 2.79 bits per heavy atom. The fourth-order valence-electron chi connectivity index (χ4n) is 1.47. The number of benzene rings is 2. The van der Waals surface area contributed by atoms with Gasteiger partial charge in [0.05, 0.1) is 11.4 Å². The van der Waals surface area contributed by atoms with E-state index in [1.807, 2.05) is 36.4 Å². The Labute approximate surface area is 82.1 Å². The molecule has 1 N–H and O–H groups in total. The third kappa shape index (κ3) is 1.04. The van der Waals surface area contributed by atoms with Crippen LogP contribution in [0.2, 0.25) is 0 Å². The first-order chi connectivity index (χ1) is 6.93. The van der Waals surface area contributed by atoms with Crippen LogP contribution in [0.1, 0.15) is 0 Å². The van der Waals surface area contributed by atoms with Crippen molar-refractivity contribution in [2.45, 2.75) is 0 Å². The van der Waals surface area contributed by atoms with Gasteiger partial charge in [-0.25, -0.2) is 0 Å². The maximum atomic E-state index is 5.66. The summed E-state index contributed by atoms with van der Waals surface area (Å²) >= 11 is 0. The molecule has 0 saturated carbocycles. The van der Waals surface area contributed by atoms with E-state index in [0.717, 1.165) is 22.9 Å². The number of rotatable bonds is 0. The van der Waals surface area contributed by atoms with Gasteiger partial charge in [-0.05, 0) is 36.4 Å². The summed E-state index contributed by atoms with van der Waals surface area (Å²) in [4.78, 5) is 0. The molecule has 0 bridgehead atoms. The molecule has 2 heteroatoms. The predicted molar refractivity (Wildman–Crippen MR) is 53.9 cm³/mol. The summed E-state index contributed by atoms with van der Waals surface area (Å²) in [6.07, 6.45) is 0. The van der Waals surface area contributed by atoms with Gasteiger partial charge in [0, 0.05) is 0 Å². The minimum Gasteiger partial charge on any atom is -0.453 e. The van der Waals surface area contributed by atoms with Gasteiger partial charge in [-0.15, -0.1) is 0 Å². The van der Waals surface area contributed by atoms with E-state index >= 15 is 0 Å². The van der Waals surface area contributed by atoms with Crippen LogP contribution in [0.25, 0.3) is 0 Å². The highest BCUT2D eigenvalue weighted by atomic mass is 16.5. The van der Waals surface area contributed by atoms with E-state index in [-0.39, 0.29) is 0 Å². The minimum absolute atomic E-state index is 0.811. The number of fused-ring (bicyclic) bond motifs is 2. The van der Waals surface area contributed by atoms with Crippen LogP contribution in [-0.4, -0.2) is 0 Å². The van der Waals surface area contributed by atoms with Gasteiger partial charge in [0.2, 0.25) is 0 Å². The normalized spacial score (nSPS) is 12.0. The zero-order valence-corrected chi connectivity index (χ0v) is 7.37. The fourth-order valence-corrected chi connectivity index (χ4v) is 1.47. The molecule has 0 spiro atoms. The van der Waals surface area contributed by atoms with Crippen LogP contribution in [0.15, 0.2) is 36.4 Å². The van der Waals surface area contributed by atoms with Crippen LogP contribution in [0.4, 0.5) is 11.4 Å². The topological polar surface area (TPSA) is 21.3 Å². The molecule has 0 fully saturated rings.